The van der Waals surface area contributed by atoms with Crippen LogP contribution in [0.2, 0.25) is 5.15 Å². The van der Waals surface area contributed by atoms with Gasteiger partial charge in [-0.3, -0.25) is 9.78 Å². The van der Waals surface area contributed by atoms with Crippen LogP contribution in [0.15, 0.2) is 30.7 Å². The van der Waals surface area contributed by atoms with E-state index in [0.29, 0.717) is 28.4 Å². The fourth-order valence-corrected chi connectivity index (χ4v) is 3.98. The number of pyridine rings is 1. The molecular weight excluding hydrogens is 368 g/mol. The van der Waals surface area contributed by atoms with Gasteiger partial charge in [-0.25, -0.2) is 4.68 Å². The third-order valence-electron chi connectivity index (χ3n) is 4.64. The van der Waals surface area contributed by atoms with E-state index in [1.54, 1.807) is 28.8 Å². The Morgan fingerprint density at radius 1 is 1.50 bits per heavy atom. The number of thioether (sulfide) groups is 1. The predicted molar refractivity (Wildman–Crippen MR) is 108 cm³/mol. The molecule has 0 aromatic carbocycles. The molecule has 140 valence electrons. The van der Waals surface area contributed by atoms with E-state index in [1.807, 2.05) is 23.2 Å². The van der Waals surface area contributed by atoms with Gasteiger partial charge in [-0.15, -0.1) is 0 Å². The number of anilines is 1. The van der Waals surface area contributed by atoms with Crippen molar-refractivity contribution in [3.05, 3.63) is 35.9 Å². The van der Waals surface area contributed by atoms with Gasteiger partial charge in [0.2, 0.25) is 5.91 Å². The molecule has 3 rings (SSSR count). The minimum absolute atomic E-state index is 0.136. The standard InChI is InChI=1S/C19H25ClN4OS/c1-3-5-16(26-2)10-18(25)23(12-14-7-8-14)17-13-24(22-19(17)20)15-6-4-9-21-11-15/h4,6,9,11,13-14,16H,3,5,7-8,10,12H2,1-2H3. The lowest BCUT2D eigenvalue weighted by molar-refractivity contribution is -0.118. The van der Waals surface area contributed by atoms with E-state index in [2.05, 4.69) is 23.3 Å². The fourth-order valence-electron chi connectivity index (χ4n) is 2.97. The Morgan fingerprint density at radius 2 is 2.31 bits per heavy atom. The lowest BCUT2D eigenvalue weighted by Crippen LogP contribution is -2.34. The van der Waals surface area contributed by atoms with Gasteiger partial charge in [0.05, 0.1) is 18.1 Å². The predicted octanol–water partition coefficient (Wildman–Crippen LogP) is 4.59. The smallest absolute Gasteiger partial charge is 0.228 e. The van der Waals surface area contributed by atoms with Crippen molar-refractivity contribution in [3.8, 4) is 5.69 Å². The molecule has 7 heteroatoms. The molecule has 1 aliphatic rings. The molecule has 2 aromatic heterocycles. The maximum atomic E-state index is 13.1. The average molecular weight is 393 g/mol. The molecule has 0 N–H and O–H groups in total. The van der Waals surface area contributed by atoms with Gasteiger partial charge in [-0.1, -0.05) is 24.9 Å². The molecule has 0 radical (unpaired) electrons. The number of rotatable bonds is 9. The van der Waals surface area contributed by atoms with Crippen LogP contribution in [0.4, 0.5) is 5.69 Å². The molecule has 2 aromatic rings. The first-order valence-electron chi connectivity index (χ1n) is 9.11. The van der Waals surface area contributed by atoms with Gasteiger partial charge in [0, 0.05) is 24.4 Å². The Bertz CT molecular complexity index is 732. The minimum Gasteiger partial charge on any atom is -0.308 e. The Balaban J connectivity index is 1.83. The first-order chi connectivity index (χ1) is 12.6. The quantitative estimate of drug-likeness (QED) is 0.626. The highest BCUT2D eigenvalue weighted by molar-refractivity contribution is 7.99. The Hall–Kier alpha value is -1.53. The summed E-state index contributed by atoms with van der Waals surface area (Å²) < 4.78 is 1.69. The molecule has 2 heterocycles. The van der Waals surface area contributed by atoms with E-state index in [-0.39, 0.29) is 5.91 Å². The number of nitrogens with zero attached hydrogens (tertiary/aromatic N) is 4. The third kappa shape index (κ3) is 4.80. The molecule has 0 bridgehead atoms. The molecule has 1 saturated carbocycles. The number of amides is 1. The fraction of sp³-hybridized carbons (Fsp3) is 0.526. The van der Waals surface area contributed by atoms with Crippen molar-refractivity contribution in [3.63, 3.8) is 0 Å². The van der Waals surface area contributed by atoms with E-state index >= 15 is 0 Å². The second kappa shape index (κ2) is 8.91. The van der Waals surface area contributed by atoms with Crippen LogP contribution < -0.4 is 4.90 Å². The Morgan fingerprint density at radius 3 is 2.92 bits per heavy atom. The Labute approximate surface area is 164 Å². The van der Waals surface area contributed by atoms with Gasteiger partial charge in [0.1, 0.15) is 5.69 Å². The molecule has 0 saturated heterocycles. The van der Waals surface area contributed by atoms with Crippen LogP contribution >= 0.6 is 23.4 Å². The molecule has 5 nitrogen and oxygen atoms in total. The van der Waals surface area contributed by atoms with Crippen LogP contribution in [0.5, 0.6) is 0 Å². The zero-order valence-corrected chi connectivity index (χ0v) is 16.8. The van der Waals surface area contributed by atoms with E-state index in [1.165, 1.54) is 12.8 Å². The van der Waals surface area contributed by atoms with E-state index < -0.39 is 0 Å². The van der Waals surface area contributed by atoms with Crippen molar-refractivity contribution in [2.45, 2.75) is 44.3 Å². The van der Waals surface area contributed by atoms with E-state index in [0.717, 1.165) is 25.1 Å². The maximum absolute atomic E-state index is 13.1. The number of aromatic nitrogens is 3. The van der Waals surface area contributed by atoms with Crippen LogP contribution in [0.25, 0.3) is 5.69 Å². The molecule has 1 fully saturated rings. The lowest BCUT2D eigenvalue weighted by Gasteiger charge is -2.24. The molecule has 26 heavy (non-hydrogen) atoms. The van der Waals surface area contributed by atoms with Gasteiger partial charge in [-0.05, 0) is 43.6 Å². The molecule has 0 aliphatic heterocycles. The minimum atomic E-state index is 0.136. The summed E-state index contributed by atoms with van der Waals surface area (Å²) in [7, 11) is 0. The van der Waals surface area contributed by atoms with Gasteiger partial charge >= 0.3 is 0 Å². The van der Waals surface area contributed by atoms with Crippen molar-refractivity contribution < 1.29 is 4.79 Å². The number of hydrogen-bond acceptors (Lipinski definition) is 4. The van der Waals surface area contributed by atoms with Crippen LogP contribution in [0.3, 0.4) is 0 Å². The van der Waals surface area contributed by atoms with Gasteiger partial charge in [0.15, 0.2) is 5.15 Å². The van der Waals surface area contributed by atoms with Crippen LogP contribution in [0, 0.1) is 5.92 Å². The van der Waals surface area contributed by atoms with E-state index in [9.17, 15) is 4.79 Å². The normalized spacial score (nSPS) is 15.0. The summed E-state index contributed by atoms with van der Waals surface area (Å²) in [5, 5.41) is 5.10. The molecule has 0 spiro atoms. The second-order valence-corrected chi connectivity index (χ2v) is 8.26. The first kappa shape index (κ1) is 19.2. The summed E-state index contributed by atoms with van der Waals surface area (Å²) >= 11 is 8.18. The SMILES string of the molecule is CCCC(CC(=O)N(CC1CC1)c1cn(-c2cccnc2)nc1Cl)SC. The highest BCUT2D eigenvalue weighted by Gasteiger charge is 2.30. The highest BCUT2D eigenvalue weighted by atomic mass is 35.5. The molecular formula is C19H25ClN4OS. The summed E-state index contributed by atoms with van der Waals surface area (Å²) in [6, 6.07) is 3.77. The summed E-state index contributed by atoms with van der Waals surface area (Å²) in [5.41, 5.74) is 1.52. The van der Waals surface area contributed by atoms with Crippen molar-refractivity contribution in [2.75, 3.05) is 17.7 Å². The van der Waals surface area contributed by atoms with Gasteiger partial charge in [-0.2, -0.15) is 16.9 Å². The number of carbonyl (C=O) groups is 1. The maximum Gasteiger partial charge on any atom is 0.228 e. The van der Waals surface area contributed by atoms with Crippen LogP contribution in [-0.2, 0) is 4.79 Å². The number of halogens is 1. The summed E-state index contributed by atoms with van der Waals surface area (Å²) in [5.74, 6) is 0.716. The van der Waals surface area contributed by atoms with Crippen LogP contribution in [-0.4, -0.2) is 38.7 Å². The Kier molecular flexibility index (Phi) is 6.59. The van der Waals surface area contributed by atoms with Gasteiger partial charge < -0.3 is 4.90 Å². The van der Waals surface area contributed by atoms with Crippen molar-refractivity contribution >= 4 is 35.0 Å². The number of hydrogen-bond donors (Lipinski definition) is 0. The van der Waals surface area contributed by atoms with Crippen molar-refractivity contribution in [2.24, 2.45) is 5.92 Å². The highest BCUT2D eigenvalue weighted by Crippen LogP contribution is 2.35. The zero-order chi connectivity index (χ0) is 18.5. The van der Waals surface area contributed by atoms with E-state index in [4.69, 9.17) is 11.6 Å². The average Bonchev–Trinajstić information content (AvgIpc) is 3.40. The summed E-state index contributed by atoms with van der Waals surface area (Å²) in [4.78, 5) is 19.0. The summed E-state index contributed by atoms with van der Waals surface area (Å²) in [6.45, 7) is 2.88. The third-order valence-corrected chi connectivity index (χ3v) is 5.98. The van der Waals surface area contributed by atoms with Crippen molar-refractivity contribution in [1.29, 1.82) is 0 Å². The van der Waals surface area contributed by atoms with Crippen molar-refractivity contribution in [1.82, 2.24) is 14.8 Å². The molecule has 1 unspecified atom stereocenters. The molecule has 1 atom stereocenters. The molecule has 1 aliphatic carbocycles. The largest absolute Gasteiger partial charge is 0.308 e. The van der Waals surface area contributed by atoms with Gasteiger partial charge in [0.25, 0.3) is 0 Å². The topological polar surface area (TPSA) is 51.0 Å². The lowest BCUT2D eigenvalue weighted by atomic mass is 10.1. The van der Waals surface area contributed by atoms with Crippen LogP contribution in [0.1, 0.15) is 39.0 Å². The first-order valence-corrected chi connectivity index (χ1v) is 10.8. The summed E-state index contributed by atoms with van der Waals surface area (Å²) in [6.07, 6.45) is 12.4. The zero-order valence-electron chi connectivity index (χ0n) is 15.3. The molecule has 1 amide bonds. The second-order valence-electron chi connectivity index (χ2n) is 6.76. The number of carbonyl (C=O) groups excluding carboxylic acids is 1. The monoisotopic (exact) mass is 392 g/mol.